The molecule has 0 saturated carbocycles. The number of hydrazone groups is 1. The standard InChI is InChI=1S/C17H16Cl2N2O2/c1-11-3-6-16(12(2)7-11)23-10-17(22)21-20-9-13-4-5-14(18)8-15(13)19/h3-9H,10H2,1-2H3,(H,21,22)/b20-9-. The largest absolute Gasteiger partial charge is 0.483 e. The molecule has 6 heteroatoms. The minimum absolute atomic E-state index is 0.115. The van der Waals surface area contributed by atoms with E-state index in [0.717, 1.165) is 11.1 Å². The highest BCUT2D eigenvalue weighted by Gasteiger charge is 2.04. The van der Waals surface area contributed by atoms with Crippen LogP contribution >= 0.6 is 23.2 Å². The number of aryl methyl sites for hydroxylation is 2. The molecule has 23 heavy (non-hydrogen) atoms. The number of ether oxygens (including phenoxy) is 1. The van der Waals surface area contributed by atoms with E-state index in [1.165, 1.54) is 6.21 Å². The molecule has 0 aliphatic heterocycles. The van der Waals surface area contributed by atoms with Crippen molar-refractivity contribution < 1.29 is 9.53 Å². The molecule has 2 rings (SSSR count). The molecule has 2 aromatic carbocycles. The summed E-state index contributed by atoms with van der Waals surface area (Å²) in [6, 6.07) is 10.8. The summed E-state index contributed by atoms with van der Waals surface area (Å²) >= 11 is 11.8. The Morgan fingerprint density at radius 1 is 1.22 bits per heavy atom. The molecule has 1 amide bonds. The van der Waals surface area contributed by atoms with Crippen LogP contribution in [0.25, 0.3) is 0 Å². The monoisotopic (exact) mass is 350 g/mol. The van der Waals surface area contributed by atoms with Gasteiger partial charge in [0.1, 0.15) is 5.75 Å². The number of nitrogens with zero attached hydrogens (tertiary/aromatic N) is 1. The second kappa shape index (κ2) is 7.99. The van der Waals surface area contributed by atoms with E-state index in [0.29, 0.717) is 21.4 Å². The highest BCUT2D eigenvalue weighted by atomic mass is 35.5. The van der Waals surface area contributed by atoms with Gasteiger partial charge in [0.2, 0.25) is 0 Å². The molecule has 120 valence electrons. The first kappa shape index (κ1) is 17.3. The topological polar surface area (TPSA) is 50.7 Å². The lowest BCUT2D eigenvalue weighted by molar-refractivity contribution is -0.123. The van der Waals surface area contributed by atoms with Gasteiger partial charge in [-0.3, -0.25) is 4.79 Å². The lowest BCUT2D eigenvalue weighted by atomic mass is 10.1. The van der Waals surface area contributed by atoms with Gasteiger partial charge < -0.3 is 4.74 Å². The number of rotatable bonds is 5. The van der Waals surface area contributed by atoms with E-state index in [1.54, 1.807) is 18.2 Å². The van der Waals surface area contributed by atoms with E-state index in [1.807, 2.05) is 32.0 Å². The Morgan fingerprint density at radius 2 is 2.00 bits per heavy atom. The summed E-state index contributed by atoms with van der Waals surface area (Å²) in [5.41, 5.74) is 5.17. The normalized spacial score (nSPS) is 10.8. The van der Waals surface area contributed by atoms with Crippen LogP contribution in [0, 0.1) is 13.8 Å². The Bertz CT molecular complexity index is 745. The zero-order chi connectivity index (χ0) is 16.8. The summed E-state index contributed by atoms with van der Waals surface area (Å²) in [7, 11) is 0. The average Bonchev–Trinajstić information content (AvgIpc) is 2.48. The van der Waals surface area contributed by atoms with E-state index in [2.05, 4.69) is 10.5 Å². The molecule has 2 aromatic rings. The van der Waals surface area contributed by atoms with Crippen molar-refractivity contribution in [1.29, 1.82) is 0 Å². The molecule has 0 aliphatic carbocycles. The molecule has 0 fully saturated rings. The summed E-state index contributed by atoms with van der Waals surface area (Å²) < 4.78 is 5.47. The fourth-order valence-electron chi connectivity index (χ4n) is 1.92. The Morgan fingerprint density at radius 3 is 2.70 bits per heavy atom. The van der Waals surface area contributed by atoms with Crippen molar-refractivity contribution in [2.45, 2.75) is 13.8 Å². The summed E-state index contributed by atoms with van der Waals surface area (Å²) in [6.07, 6.45) is 1.45. The molecule has 0 atom stereocenters. The number of benzene rings is 2. The minimum Gasteiger partial charge on any atom is -0.483 e. The van der Waals surface area contributed by atoms with Gasteiger partial charge in [0.15, 0.2) is 6.61 Å². The van der Waals surface area contributed by atoms with Crippen LogP contribution in [0.1, 0.15) is 16.7 Å². The van der Waals surface area contributed by atoms with Gasteiger partial charge in [0, 0.05) is 10.6 Å². The highest BCUT2D eigenvalue weighted by Crippen LogP contribution is 2.19. The highest BCUT2D eigenvalue weighted by molar-refractivity contribution is 6.36. The second-order valence-corrected chi connectivity index (χ2v) is 5.86. The molecule has 0 saturated heterocycles. The number of nitrogens with one attached hydrogen (secondary N) is 1. The van der Waals surface area contributed by atoms with Crippen molar-refractivity contribution in [2.75, 3.05) is 6.61 Å². The molecule has 0 aromatic heterocycles. The third kappa shape index (κ3) is 5.27. The number of halogens is 2. The van der Waals surface area contributed by atoms with Crippen LogP contribution in [0.3, 0.4) is 0 Å². The van der Waals surface area contributed by atoms with Crippen molar-refractivity contribution in [2.24, 2.45) is 5.10 Å². The molecule has 0 heterocycles. The van der Waals surface area contributed by atoms with Gasteiger partial charge in [-0.25, -0.2) is 5.43 Å². The van der Waals surface area contributed by atoms with Crippen molar-refractivity contribution >= 4 is 35.3 Å². The van der Waals surface area contributed by atoms with Crippen LogP contribution < -0.4 is 10.2 Å². The lowest BCUT2D eigenvalue weighted by Crippen LogP contribution is -2.24. The van der Waals surface area contributed by atoms with Crippen LogP contribution in [-0.4, -0.2) is 18.7 Å². The van der Waals surface area contributed by atoms with E-state index < -0.39 is 0 Å². The number of hydrogen-bond donors (Lipinski definition) is 1. The smallest absolute Gasteiger partial charge is 0.277 e. The van der Waals surface area contributed by atoms with E-state index >= 15 is 0 Å². The fourth-order valence-corrected chi connectivity index (χ4v) is 2.37. The van der Waals surface area contributed by atoms with Gasteiger partial charge >= 0.3 is 0 Å². The van der Waals surface area contributed by atoms with E-state index in [4.69, 9.17) is 27.9 Å². The first-order valence-electron chi connectivity index (χ1n) is 6.92. The molecule has 0 radical (unpaired) electrons. The maximum Gasteiger partial charge on any atom is 0.277 e. The van der Waals surface area contributed by atoms with Crippen LogP contribution in [0.15, 0.2) is 41.5 Å². The van der Waals surface area contributed by atoms with Crippen LogP contribution in [0.4, 0.5) is 0 Å². The fraction of sp³-hybridized carbons (Fsp3) is 0.176. The van der Waals surface area contributed by atoms with Gasteiger partial charge in [-0.05, 0) is 37.6 Å². The van der Waals surface area contributed by atoms with Crippen molar-refractivity contribution in [3.8, 4) is 5.75 Å². The molecule has 0 unspecified atom stereocenters. The van der Waals surface area contributed by atoms with Gasteiger partial charge in [-0.1, -0.05) is 47.0 Å². The summed E-state index contributed by atoms with van der Waals surface area (Å²) in [4.78, 5) is 11.7. The average molecular weight is 351 g/mol. The lowest BCUT2D eigenvalue weighted by Gasteiger charge is -2.08. The van der Waals surface area contributed by atoms with E-state index in [9.17, 15) is 4.79 Å². The Balaban J connectivity index is 1.86. The minimum atomic E-state index is -0.355. The number of hydrogen-bond acceptors (Lipinski definition) is 3. The molecule has 0 aliphatic rings. The van der Waals surface area contributed by atoms with Gasteiger partial charge in [-0.2, -0.15) is 5.10 Å². The van der Waals surface area contributed by atoms with Gasteiger partial charge in [-0.15, -0.1) is 0 Å². The summed E-state index contributed by atoms with van der Waals surface area (Å²) in [6.45, 7) is 3.82. The summed E-state index contributed by atoms with van der Waals surface area (Å²) in [5, 5.41) is 4.85. The molecular weight excluding hydrogens is 335 g/mol. The Labute approximate surface area is 145 Å². The summed E-state index contributed by atoms with van der Waals surface area (Å²) in [5.74, 6) is 0.321. The molecular formula is C17H16Cl2N2O2. The van der Waals surface area contributed by atoms with Gasteiger partial charge in [0.05, 0.1) is 11.2 Å². The zero-order valence-electron chi connectivity index (χ0n) is 12.8. The van der Waals surface area contributed by atoms with Crippen molar-refractivity contribution in [3.63, 3.8) is 0 Å². The maximum atomic E-state index is 11.7. The van der Waals surface area contributed by atoms with Crippen LogP contribution in [0.5, 0.6) is 5.75 Å². The third-order valence-electron chi connectivity index (χ3n) is 3.04. The molecule has 4 nitrogen and oxygen atoms in total. The number of amides is 1. The SMILES string of the molecule is Cc1ccc(OCC(=O)N/N=C\c2ccc(Cl)cc2Cl)c(C)c1. The number of carbonyl (C=O) groups is 1. The maximum absolute atomic E-state index is 11.7. The third-order valence-corrected chi connectivity index (χ3v) is 3.61. The van der Waals surface area contributed by atoms with Gasteiger partial charge in [0.25, 0.3) is 5.91 Å². The molecule has 0 spiro atoms. The second-order valence-electron chi connectivity index (χ2n) is 5.02. The van der Waals surface area contributed by atoms with Crippen LogP contribution in [0.2, 0.25) is 10.0 Å². The van der Waals surface area contributed by atoms with Crippen molar-refractivity contribution in [1.82, 2.24) is 5.43 Å². The first-order valence-corrected chi connectivity index (χ1v) is 7.68. The van der Waals surface area contributed by atoms with Crippen LogP contribution in [-0.2, 0) is 4.79 Å². The van der Waals surface area contributed by atoms with E-state index in [-0.39, 0.29) is 12.5 Å². The quantitative estimate of drug-likeness (QED) is 0.650. The predicted molar refractivity (Wildman–Crippen MR) is 93.6 cm³/mol. The predicted octanol–water partition coefficient (Wildman–Crippen LogP) is 4.14. The Kier molecular flexibility index (Phi) is 6.02. The zero-order valence-corrected chi connectivity index (χ0v) is 14.3. The molecule has 1 N–H and O–H groups in total. The Hall–Kier alpha value is -2.04. The van der Waals surface area contributed by atoms with Crippen molar-refractivity contribution in [3.05, 3.63) is 63.1 Å². The number of carbonyl (C=O) groups excluding carboxylic acids is 1. The molecule has 0 bridgehead atoms. The first-order chi connectivity index (χ1) is 11.0.